The van der Waals surface area contributed by atoms with E-state index in [2.05, 4.69) is 0 Å². The SMILES string of the molecule is CCN(C(=O)CS(=O)(=O)CC(C)C)c1ccc(C)cc1C. The molecule has 5 heteroatoms. The molecule has 0 unspecified atom stereocenters. The molecule has 0 fully saturated rings. The maximum absolute atomic E-state index is 12.4. The Labute approximate surface area is 128 Å². The third-order valence-corrected chi connectivity index (χ3v) is 5.05. The van der Waals surface area contributed by atoms with Gasteiger partial charge in [0.1, 0.15) is 5.75 Å². The van der Waals surface area contributed by atoms with Gasteiger partial charge in [-0.2, -0.15) is 0 Å². The minimum Gasteiger partial charge on any atom is -0.312 e. The molecule has 21 heavy (non-hydrogen) atoms. The summed E-state index contributed by atoms with van der Waals surface area (Å²) in [5.41, 5.74) is 2.88. The van der Waals surface area contributed by atoms with Crippen molar-refractivity contribution in [2.75, 3.05) is 23.0 Å². The molecule has 0 spiro atoms. The predicted octanol–water partition coefficient (Wildman–Crippen LogP) is 2.73. The van der Waals surface area contributed by atoms with Gasteiger partial charge < -0.3 is 4.90 Å². The molecule has 0 aliphatic heterocycles. The van der Waals surface area contributed by atoms with Crippen LogP contribution >= 0.6 is 0 Å². The van der Waals surface area contributed by atoms with Crippen LogP contribution in [0.5, 0.6) is 0 Å². The highest BCUT2D eigenvalue weighted by Crippen LogP contribution is 2.21. The lowest BCUT2D eigenvalue weighted by molar-refractivity contribution is -0.116. The van der Waals surface area contributed by atoms with E-state index in [0.717, 1.165) is 16.8 Å². The lowest BCUT2D eigenvalue weighted by Crippen LogP contribution is -2.37. The summed E-state index contributed by atoms with van der Waals surface area (Å²) in [6.45, 7) is 9.91. The Balaban J connectivity index is 2.97. The van der Waals surface area contributed by atoms with Gasteiger partial charge in [0.05, 0.1) is 5.75 Å². The molecule has 0 saturated heterocycles. The molecule has 0 aliphatic carbocycles. The van der Waals surface area contributed by atoms with Gasteiger partial charge in [-0.05, 0) is 38.3 Å². The number of benzene rings is 1. The van der Waals surface area contributed by atoms with Gasteiger partial charge in [-0.15, -0.1) is 0 Å². The zero-order valence-electron chi connectivity index (χ0n) is 13.5. The third-order valence-electron chi connectivity index (χ3n) is 3.19. The number of carbonyl (C=O) groups is 1. The van der Waals surface area contributed by atoms with E-state index in [1.807, 2.05) is 52.8 Å². The van der Waals surface area contributed by atoms with Crippen molar-refractivity contribution in [3.63, 3.8) is 0 Å². The second-order valence-corrected chi connectivity index (χ2v) is 7.99. The van der Waals surface area contributed by atoms with Gasteiger partial charge in [0, 0.05) is 12.2 Å². The molecule has 1 rings (SSSR count). The van der Waals surface area contributed by atoms with E-state index >= 15 is 0 Å². The Morgan fingerprint density at radius 3 is 2.33 bits per heavy atom. The van der Waals surface area contributed by atoms with Crippen LogP contribution in [-0.4, -0.2) is 32.4 Å². The van der Waals surface area contributed by atoms with Crippen LogP contribution < -0.4 is 4.90 Å². The second-order valence-electron chi connectivity index (χ2n) is 5.88. The van der Waals surface area contributed by atoms with Crippen molar-refractivity contribution < 1.29 is 13.2 Å². The van der Waals surface area contributed by atoms with E-state index in [1.54, 1.807) is 4.90 Å². The number of rotatable bonds is 6. The van der Waals surface area contributed by atoms with Crippen LogP contribution in [0.2, 0.25) is 0 Å². The van der Waals surface area contributed by atoms with Crippen molar-refractivity contribution in [2.24, 2.45) is 5.92 Å². The minimum absolute atomic E-state index is 0.0268. The van der Waals surface area contributed by atoms with E-state index in [-0.39, 0.29) is 17.6 Å². The normalized spacial score (nSPS) is 11.7. The molecule has 4 nitrogen and oxygen atoms in total. The van der Waals surface area contributed by atoms with E-state index < -0.39 is 15.6 Å². The molecule has 0 saturated carbocycles. The summed E-state index contributed by atoms with van der Waals surface area (Å²) >= 11 is 0. The first-order chi connectivity index (χ1) is 9.66. The summed E-state index contributed by atoms with van der Waals surface area (Å²) in [5, 5.41) is 0. The Kier molecular flexibility index (Phi) is 5.96. The average molecular weight is 311 g/mol. The Morgan fingerprint density at radius 1 is 1.24 bits per heavy atom. The summed E-state index contributed by atoms with van der Waals surface area (Å²) < 4.78 is 24.0. The molecule has 0 atom stereocenters. The molecule has 0 radical (unpaired) electrons. The fourth-order valence-corrected chi connectivity index (χ4v) is 4.09. The topological polar surface area (TPSA) is 54.5 Å². The summed E-state index contributed by atoms with van der Waals surface area (Å²) in [5.74, 6) is -0.709. The number of nitrogens with zero attached hydrogens (tertiary/aromatic N) is 1. The average Bonchev–Trinajstić information content (AvgIpc) is 2.30. The van der Waals surface area contributed by atoms with Gasteiger partial charge >= 0.3 is 0 Å². The summed E-state index contributed by atoms with van der Waals surface area (Å²) in [7, 11) is -3.36. The van der Waals surface area contributed by atoms with Gasteiger partial charge in [0.25, 0.3) is 0 Å². The van der Waals surface area contributed by atoms with E-state index in [9.17, 15) is 13.2 Å². The standard InChI is InChI=1S/C16H25NO3S/c1-6-17(15-8-7-13(4)9-14(15)5)16(18)11-21(19,20)10-12(2)3/h7-9,12H,6,10-11H2,1-5H3. The van der Waals surface area contributed by atoms with Crippen LogP contribution in [-0.2, 0) is 14.6 Å². The number of sulfone groups is 1. The fourth-order valence-electron chi connectivity index (χ4n) is 2.42. The van der Waals surface area contributed by atoms with E-state index in [1.165, 1.54) is 0 Å². The highest BCUT2D eigenvalue weighted by atomic mass is 32.2. The third kappa shape index (κ3) is 5.16. The molecular weight excluding hydrogens is 286 g/mol. The Hall–Kier alpha value is -1.36. The molecule has 0 aliphatic rings. The van der Waals surface area contributed by atoms with Gasteiger partial charge in [-0.25, -0.2) is 8.42 Å². The number of amides is 1. The van der Waals surface area contributed by atoms with Crippen molar-refractivity contribution in [3.8, 4) is 0 Å². The second kappa shape index (κ2) is 7.07. The molecule has 1 aromatic carbocycles. The van der Waals surface area contributed by atoms with Crippen molar-refractivity contribution in [1.29, 1.82) is 0 Å². The largest absolute Gasteiger partial charge is 0.312 e. The first-order valence-electron chi connectivity index (χ1n) is 7.24. The quantitative estimate of drug-likeness (QED) is 0.811. The first kappa shape index (κ1) is 17.7. The summed E-state index contributed by atoms with van der Waals surface area (Å²) in [6, 6.07) is 5.80. The number of hydrogen-bond acceptors (Lipinski definition) is 3. The summed E-state index contributed by atoms with van der Waals surface area (Å²) in [4.78, 5) is 13.9. The molecule has 1 amide bonds. The van der Waals surface area contributed by atoms with Crippen molar-refractivity contribution in [3.05, 3.63) is 29.3 Å². The van der Waals surface area contributed by atoms with E-state index in [4.69, 9.17) is 0 Å². The fraction of sp³-hybridized carbons (Fsp3) is 0.562. The molecular formula is C16H25NO3S. The van der Waals surface area contributed by atoms with Crippen molar-refractivity contribution >= 4 is 21.4 Å². The van der Waals surface area contributed by atoms with Crippen LogP contribution in [0.1, 0.15) is 31.9 Å². The Morgan fingerprint density at radius 2 is 1.86 bits per heavy atom. The number of carbonyl (C=O) groups excluding carboxylic acids is 1. The summed E-state index contributed by atoms with van der Waals surface area (Å²) in [6.07, 6.45) is 0. The molecule has 0 heterocycles. The minimum atomic E-state index is -3.36. The number of anilines is 1. The van der Waals surface area contributed by atoms with Crippen LogP contribution in [0.25, 0.3) is 0 Å². The van der Waals surface area contributed by atoms with Gasteiger partial charge in [0.15, 0.2) is 9.84 Å². The molecule has 0 bridgehead atoms. The van der Waals surface area contributed by atoms with Crippen molar-refractivity contribution in [2.45, 2.75) is 34.6 Å². The molecule has 1 aromatic rings. The van der Waals surface area contributed by atoms with Crippen LogP contribution in [0.4, 0.5) is 5.69 Å². The smallest absolute Gasteiger partial charge is 0.242 e. The van der Waals surface area contributed by atoms with Crippen LogP contribution in [0, 0.1) is 19.8 Å². The zero-order chi connectivity index (χ0) is 16.2. The lowest BCUT2D eigenvalue weighted by atomic mass is 10.1. The van der Waals surface area contributed by atoms with Gasteiger partial charge in [0.2, 0.25) is 5.91 Å². The first-order valence-corrected chi connectivity index (χ1v) is 9.06. The van der Waals surface area contributed by atoms with Gasteiger partial charge in [-0.1, -0.05) is 31.5 Å². The molecule has 118 valence electrons. The van der Waals surface area contributed by atoms with Gasteiger partial charge in [-0.3, -0.25) is 4.79 Å². The predicted molar refractivity (Wildman–Crippen MR) is 87.4 cm³/mol. The van der Waals surface area contributed by atoms with E-state index in [0.29, 0.717) is 6.54 Å². The monoisotopic (exact) mass is 311 g/mol. The number of hydrogen-bond donors (Lipinski definition) is 0. The highest BCUT2D eigenvalue weighted by Gasteiger charge is 2.23. The maximum Gasteiger partial charge on any atom is 0.242 e. The number of aryl methyl sites for hydroxylation is 2. The van der Waals surface area contributed by atoms with Crippen LogP contribution in [0.15, 0.2) is 18.2 Å². The maximum atomic E-state index is 12.4. The molecule has 0 aromatic heterocycles. The molecule has 0 N–H and O–H groups in total. The van der Waals surface area contributed by atoms with Crippen molar-refractivity contribution in [1.82, 2.24) is 0 Å². The lowest BCUT2D eigenvalue weighted by Gasteiger charge is -2.23. The highest BCUT2D eigenvalue weighted by molar-refractivity contribution is 7.92. The van der Waals surface area contributed by atoms with Crippen LogP contribution in [0.3, 0.4) is 0 Å². The Bertz CT molecular complexity index is 606. The zero-order valence-corrected chi connectivity index (χ0v) is 14.3.